The van der Waals surface area contributed by atoms with Gasteiger partial charge in [-0.25, -0.2) is 4.68 Å². The minimum Gasteiger partial charge on any atom is -0.497 e. The standard InChI is InChI=1S/C23H24N8O2/c1-12-16(9-25-29(12)3)21-19-20(28-23-24-11-27-31(21)23)15-8-14(32-5)6-7-18(15)33-22(19)17-10-26-30(4)13(17)2/h6-11,21-22H,1-5H3,(H,24,27,28)/t21-,22+/m1/s1. The van der Waals surface area contributed by atoms with Crippen molar-refractivity contribution in [2.75, 3.05) is 12.4 Å². The molecule has 0 amide bonds. The highest BCUT2D eigenvalue weighted by Crippen LogP contribution is 2.51. The number of aryl methyl sites for hydroxylation is 2. The van der Waals surface area contributed by atoms with Gasteiger partial charge < -0.3 is 14.8 Å². The Kier molecular flexibility index (Phi) is 4.13. The van der Waals surface area contributed by atoms with Gasteiger partial charge in [0.15, 0.2) is 6.10 Å². The average molecular weight is 444 g/mol. The highest BCUT2D eigenvalue weighted by atomic mass is 16.5. The van der Waals surface area contributed by atoms with Gasteiger partial charge >= 0.3 is 0 Å². The van der Waals surface area contributed by atoms with E-state index in [1.54, 1.807) is 13.4 Å². The molecule has 2 aliphatic heterocycles. The van der Waals surface area contributed by atoms with Gasteiger partial charge in [-0.05, 0) is 32.0 Å². The number of ether oxygens (including phenoxy) is 2. The first-order valence-corrected chi connectivity index (χ1v) is 10.7. The Labute approximate surface area is 190 Å². The van der Waals surface area contributed by atoms with Gasteiger partial charge in [-0.2, -0.15) is 20.3 Å². The van der Waals surface area contributed by atoms with Gasteiger partial charge in [0.25, 0.3) is 0 Å². The van der Waals surface area contributed by atoms with E-state index in [4.69, 9.17) is 9.47 Å². The van der Waals surface area contributed by atoms with Crippen molar-refractivity contribution in [1.29, 1.82) is 0 Å². The molecule has 10 nitrogen and oxygen atoms in total. The van der Waals surface area contributed by atoms with Crippen molar-refractivity contribution >= 4 is 11.6 Å². The van der Waals surface area contributed by atoms with Crippen molar-refractivity contribution in [2.45, 2.75) is 26.0 Å². The minimum atomic E-state index is -0.371. The molecule has 33 heavy (non-hydrogen) atoms. The molecule has 0 bridgehead atoms. The molecular weight excluding hydrogens is 420 g/mol. The van der Waals surface area contributed by atoms with Crippen LogP contribution in [0, 0.1) is 13.8 Å². The second-order valence-corrected chi connectivity index (χ2v) is 8.36. The Hall–Kier alpha value is -4.08. The van der Waals surface area contributed by atoms with E-state index >= 15 is 0 Å². The zero-order valence-electron chi connectivity index (χ0n) is 19.1. The SMILES string of the molecule is COc1ccc2c(c1)C1=C([C@H](c3cnn(C)c3C)O2)[C@@H](c2cnn(C)c2C)n2ncnc2N1. The molecule has 0 saturated heterocycles. The number of rotatable bonds is 3. The lowest BCUT2D eigenvalue weighted by molar-refractivity contribution is 0.221. The molecule has 0 unspecified atom stereocenters. The molecule has 2 atom stereocenters. The molecule has 0 saturated carbocycles. The van der Waals surface area contributed by atoms with Crippen molar-refractivity contribution < 1.29 is 9.47 Å². The van der Waals surface area contributed by atoms with Crippen molar-refractivity contribution in [2.24, 2.45) is 14.1 Å². The van der Waals surface area contributed by atoms with Crippen LogP contribution in [-0.2, 0) is 14.1 Å². The van der Waals surface area contributed by atoms with Crippen LogP contribution < -0.4 is 14.8 Å². The second-order valence-electron chi connectivity index (χ2n) is 8.36. The predicted octanol–water partition coefficient (Wildman–Crippen LogP) is 2.93. The molecule has 0 fully saturated rings. The number of benzene rings is 1. The van der Waals surface area contributed by atoms with Gasteiger partial charge in [-0.3, -0.25) is 9.36 Å². The van der Waals surface area contributed by atoms with E-state index in [2.05, 4.69) is 39.4 Å². The monoisotopic (exact) mass is 444 g/mol. The quantitative estimate of drug-likeness (QED) is 0.519. The topological polar surface area (TPSA) is 96.8 Å². The van der Waals surface area contributed by atoms with E-state index in [1.807, 2.05) is 58.7 Å². The van der Waals surface area contributed by atoms with E-state index in [0.717, 1.165) is 50.8 Å². The molecule has 3 aromatic heterocycles. The molecule has 6 rings (SSSR count). The number of fused-ring (bicyclic) bond motifs is 3. The maximum absolute atomic E-state index is 6.68. The lowest BCUT2D eigenvalue weighted by atomic mass is 9.85. The highest BCUT2D eigenvalue weighted by Gasteiger charge is 2.43. The molecule has 4 aromatic rings. The summed E-state index contributed by atoms with van der Waals surface area (Å²) in [5, 5.41) is 17.1. The zero-order chi connectivity index (χ0) is 22.9. The van der Waals surface area contributed by atoms with E-state index in [9.17, 15) is 0 Å². The Morgan fingerprint density at radius 3 is 2.39 bits per heavy atom. The smallest absolute Gasteiger partial charge is 0.226 e. The van der Waals surface area contributed by atoms with Gasteiger partial charge in [0.05, 0.1) is 25.2 Å². The fourth-order valence-corrected chi connectivity index (χ4v) is 4.69. The first kappa shape index (κ1) is 19.6. The van der Waals surface area contributed by atoms with Crippen molar-refractivity contribution in [3.63, 3.8) is 0 Å². The van der Waals surface area contributed by atoms with Crippen LogP contribution in [0.4, 0.5) is 5.95 Å². The summed E-state index contributed by atoms with van der Waals surface area (Å²) in [7, 11) is 5.54. The van der Waals surface area contributed by atoms with Crippen molar-refractivity contribution in [3.05, 3.63) is 70.6 Å². The summed E-state index contributed by atoms with van der Waals surface area (Å²) < 4.78 is 17.8. The number of hydrogen-bond donors (Lipinski definition) is 1. The Balaban J connectivity index is 1.66. The average Bonchev–Trinajstić information content (AvgIpc) is 3.52. The molecule has 2 aliphatic rings. The van der Waals surface area contributed by atoms with Crippen LogP contribution in [0.15, 0.2) is 42.5 Å². The van der Waals surface area contributed by atoms with Crippen molar-refractivity contribution in [3.8, 4) is 11.5 Å². The predicted molar refractivity (Wildman–Crippen MR) is 121 cm³/mol. The van der Waals surface area contributed by atoms with E-state index in [1.165, 1.54) is 0 Å². The molecule has 168 valence electrons. The lowest BCUT2D eigenvalue weighted by Gasteiger charge is -2.38. The molecule has 1 N–H and O–H groups in total. The third kappa shape index (κ3) is 2.73. The van der Waals surface area contributed by atoms with Crippen LogP contribution in [0.5, 0.6) is 11.5 Å². The van der Waals surface area contributed by atoms with E-state index in [0.29, 0.717) is 5.95 Å². The van der Waals surface area contributed by atoms with Crippen LogP contribution in [0.1, 0.15) is 40.2 Å². The molecule has 0 aliphatic carbocycles. The van der Waals surface area contributed by atoms with Gasteiger partial charge in [-0.1, -0.05) is 0 Å². The van der Waals surface area contributed by atoms with Crippen LogP contribution in [0.25, 0.3) is 5.70 Å². The third-order valence-electron chi connectivity index (χ3n) is 6.74. The summed E-state index contributed by atoms with van der Waals surface area (Å²) in [5.74, 6) is 2.19. The van der Waals surface area contributed by atoms with Crippen LogP contribution >= 0.6 is 0 Å². The van der Waals surface area contributed by atoms with Crippen molar-refractivity contribution in [1.82, 2.24) is 34.3 Å². The Bertz CT molecular complexity index is 1430. The number of hydrogen-bond acceptors (Lipinski definition) is 7. The number of aromatic nitrogens is 7. The highest BCUT2D eigenvalue weighted by molar-refractivity contribution is 5.85. The number of methoxy groups -OCH3 is 1. The summed E-state index contributed by atoms with van der Waals surface area (Å²) in [6, 6.07) is 5.59. The summed E-state index contributed by atoms with van der Waals surface area (Å²) in [6.45, 7) is 4.11. The maximum atomic E-state index is 6.68. The summed E-state index contributed by atoms with van der Waals surface area (Å²) >= 11 is 0. The summed E-state index contributed by atoms with van der Waals surface area (Å²) in [5.41, 5.74) is 7.02. The molecule has 0 radical (unpaired) electrons. The van der Waals surface area contributed by atoms with Gasteiger partial charge in [0, 0.05) is 47.7 Å². The summed E-state index contributed by atoms with van der Waals surface area (Å²) in [4.78, 5) is 4.49. The lowest BCUT2D eigenvalue weighted by Crippen LogP contribution is -2.32. The van der Waals surface area contributed by atoms with E-state index in [-0.39, 0.29) is 12.1 Å². The Morgan fingerprint density at radius 2 is 1.73 bits per heavy atom. The number of anilines is 1. The fourth-order valence-electron chi connectivity index (χ4n) is 4.69. The largest absolute Gasteiger partial charge is 0.497 e. The van der Waals surface area contributed by atoms with Gasteiger partial charge in [0.2, 0.25) is 5.95 Å². The van der Waals surface area contributed by atoms with Gasteiger partial charge in [-0.15, -0.1) is 0 Å². The molecule has 1 aromatic carbocycles. The molecule has 0 spiro atoms. The third-order valence-corrected chi connectivity index (χ3v) is 6.74. The van der Waals surface area contributed by atoms with E-state index < -0.39 is 0 Å². The maximum Gasteiger partial charge on any atom is 0.226 e. The normalized spacial score (nSPS) is 18.8. The van der Waals surface area contributed by atoms with Crippen LogP contribution in [-0.4, -0.2) is 41.4 Å². The van der Waals surface area contributed by atoms with Gasteiger partial charge in [0.1, 0.15) is 23.9 Å². The number of nitrogens with zero attached hydrogens (tertiary/aromatic N) is 7. The first-order chi connectivity index (χ1) is 16.0. The molecular formula is C23H24N8O2. The fraction of sp³-hybridized carbons (Fsp3) is 0.304. The summed E-state index contributed by atoms with van der Waals surface area (Å²) in [6.07, 6.45) is 4.97. The second kappa shape index (κ2) is 6.96. The minimum absolute atomic E-state index is 0.253. The number of nitrogens with one attached hydrogen (secondary N) is 1. The Morgan fingerprint density at radius 1 is 1.00 bits per heavy atom. The molecule has 10 heteroatoms. The van der Waals surface area contributed by atoms with Crippen LogP contribution in [0.3, 0.4) is 0 Å². The van der Waals surface area contributed by atoms with Crippen LogP contribution in [0.2, 0.25) is 0 Å². The molecule has 5 heterocycles. The zero-order valence-corrected chi connectivity index (χ0v) is 19.1. The first-order valence-electron chi connectivity index (χ1n) is 10.7.